The molecule has 1 aliphatic rings. The fourth-order valence-corrected chi connectivity index (χ4v) is 2.26. The van der Waals surface area contributed by atoms with Crippen molar-refractivity contribution in [3.8, 4) is 0 Å². The number of nitrogens with one attached hydrogen (secondary N) is 2. The van der Waals surface area contributed by atoms with Gasteiger partial charge in [-0.05, 0) is 46.1 Å². The summed E-state index contributed by atoms with van der Waals surface area (Å²) in [6.45, 7) is 4.81. The van der Waals surface area contributed by atoms with Gasteiger partial charge in [-0.2, -0.15) is 0 Å². The summed E-state index contributed by atoms with van der Waals surface area (Å²) in [6.07, 6.45) is 4.50. The first-order valence-corrected chi connectivity index (χ1v) is 5.96. The van der Waals surface area contributed by atoms with E-state index >= 15 is 0 Å². The number of hydrogen-bond donors (Lipinski definition) is 2. The highest BCUT2D eigenvalue weighted by Crippen LogP contribution is 2.12. The van der Waals surface area contributed by atoms with Crippen molar-refractivity contribution in [3.63, 3.8) is 0 Å². The first kappa shape index (κ1) is 11.3. The van der Waals surface area contributed by atoms with Crippen LogP contribution in [0.5, 0.6) is 0 Å². The molecule has 1 unspecified atom stereocenters. The largest absolute Gasteiger partial charge is 0.314 e. The molecule has 2 heterocycles. The average molecular weight is 221 g/mol. The van der Waals surface area contributed by atoms with E-state index in [1.54, 1.807) is 0 Å². The molecule has 4 heteroatoms. The number of rotatable bonds is 3. The molecule has 1 aromatic heterocycles. The molecule has 0 radical (unpaired) electrons. The van der Waals surface area contributed by atoms with Crippen molar-refractivity contribution < 1.29 is 0 Å². The highest BCUT2D eigenvalue weighted by Gasteiger charge is 2.15. The van der Waals surface area contributed by atoms with Crippen LogP contribution in [0.25, 0.3) is 0 Å². The molecule has 0 amide bonds. The lowest BCUT2D eigenvalue weighted by Gasteiger charge is -2.10. The van der Waals surface area contributed by atoms with Gasteiger partial charge in [-0.25, -0.2) is 4.98 Å². The summed E-state index contributed by atoms with van der Waals surface area (Å²) < 4.78 is 0. The Morgan fingerprint density at radius 3 is 2.94 bits per heavy atom. The molecule has 1 aromatic rings. The Morgan fingerprint density at radius 1 is 1.44 bits per heavy atom. The van der Waals surface area contributed by atoms with Gasteiger partial charge >= 0.3 is 0 Å². The lowest BCUT2D eigenvalue weighted by molar-refractivity contribution is 0.553. The summed E-state index contributed by atoms with van der Waals surface area (Å²) in [6, 6.07) is 0.612. The standard InChI is InChI=1S/C12H19N3O/c1-8-11(14-9(2)15-12(8)16)6-5-10-4-3-7-13-10/h10,13H,3-7H2,1-2H3,(H,14,15,16). The topological polar surface area (TPSA) is 57.8 Å². The number of H-pyrrole nitrogens is 1. The molecule has 0 aromatic carbocycles. The summed E-state index contributed by atoms with van der Waals surface area (Å²) in [4.78, 5) is 18.7. The number of aromatic amines is 1. The maximum atomic E-state index is 11.5. The van der Waals surface area contributed by atoms with Gasteiger partial charge in [0.15, 0.2) is 0 Å². The van der Waals surface area contributed by atoms with Gasteiger partial charge in [-0.1, -0.05) is 0 Å². The van der Waals surface area contributed by atoms with E-state index in [4.69, 9.17) is 0 Å². The summed E-state index contributed by atoms with van der Waals surface area (Å²) in [5, 5.41) is 3.46. The van der Waals surface area contributed by atoms with Crippen molar-refractivity contribution in [3.05, 3.63) is 27.4 Å². The Hall–Kier alpha value is -1.16. The van der Waals surface area contributed by atoms with Crippen LogP contribution in [-0.4, -0.2) is 22.6 Å². The zero-order valence-corrected chi connectivity index (χ0v) is 9.97. The quantitative estimate of drug-likeness (QED) is 0.802. The predicted molar refractivity (Wildman–Crippen MR) is 63.7 cm³/mol. The Morgan fingerprint density at radius 2 is 2.25 bits per heavy atom. The molecule has 4 nitrogen and oxygen atoms in total. The van der Waals surface area contributed by atoms with Crippen LogP contribution in [0.3, 0.4) is 0 Å². The molecule has 0 aliphatic carbocycles. The predicted octanol–water partition coefficient (Wildman–Crippen LogP) is 1.07. The van der Waals surface area contributed by atoms with Gasteiger partial charge in [0.2, 0.25) is 0 Å². The molecule has 0 saturated carbocycles. The first-order chi connectivity index (χ1) is 7.66. The van der Waals surface area contributed by atoms with E-state index in [2.05, 4.69) is 15.3 Å². The van der Waals surface area contributed by atoms with Crippen LogP contribution in [0.15, 0.2) is 4.79 Å². The van der Waals surface area contributed by atoms with Gasteiger partial charge in [-0.3, -0.25) is 4.79 Å². The van der Waals surface area contributed by atoms with Crippen molar-refractivity contribution in [2.45, 2.75) is 45.6 Å². The van der Waals surface area contributed by atoms with Crippen LogP contribution < -0.4 is 10.9 Å². The van der Waals surface area contributed by atoms with E-state index in [1.165, 1.54) is 12.8 Å². The van der Waals surface area contributed by atoms with Crippen LogP contribution in [0.2, 0.25) is 0 Å². The first-order valence-electron chi connectivity index (χ1n) is 5.96. The number of hydrogen-bond acceptors (Lipinski definition) is 3. The second-order valence-electron chi connectivity index (χ2n) is 4.55. The van der Waals surface area contributed by atoms with E-state index in [-0.39, 0.29) is 5.56 Å². The Bertz CT molecular complexity index is 419. The molecule has 2 N–H and O–H groups in total. The second-order valence-corrected chi connectivity index (χ2v) is 4.55. The fourth-order valence-electron chi connectivity index (χ4n) is 2.26. The monoisotopic (exact) mass is 221 g/mol. The smallest absolute Gasteiger partial charge is 0.254 e. The fraction of sp³-hybridized carbons (Fsp3) is 0.667. The molecular weight excluding hydrogens is 202 g/mol. The third kappa shape index (κ3) is 2.50. The van der Waals surface area contributed by atoms with Gasteiger partial charge < -0.3 is 10.3 Å². The van der Waals surface area contributed by atoms with Crippen LogP contribution in [0.4, 0.5) is 0 Å². The average Bonchev–Trinajstić information content (AvgIpc) is 2.74. The normalized spacial score (nSPS) is 20.2. The minimum absolute atomic E-state index is 0.00174. The molecule has 16 heavy (non-hydrogen) atoms. The van der Waals surface area contributed by atoms with Crippen molar-refractivity contribution in [1.82, 2.24) is 15.3 Å². The van der Waals surface area contributed by atoms with Crippen molar-refractivity contribution >= 4 is 0 Å². The Labute approximate surface area is 95.5 Å². The van der Waals surface area contributed by atoms with E-state index in [1.807, 2.05) is 13.8 Å². The summed E-state index contributed by atoms with van der Waals surface area (Å²) in [5.74, 6) is 0.713. The van der Waals surface area contributed by atoms with Crippen molar-refractivity contribution in [2.24, 2.45) is 0 Å². The lowest BCUT2D eigenvalue weighted by atomic mass is 10.1. The SMILES string of the molecule is Cc1nc(CCC2CCCN2)c(C)c(=O)[nH]1. The van der Waals surface area contributed by atoms with Gasteiger partial charge in [-0.15, -0.1) is 0 Å². The summed E-state index contributed by atoms with van der Waals surface area (Å²) in [5.41, 5.74) is 1.72. The van der Waals surface area contributed by atoms with E-state index < -0.39 is 0 Å². The molecule has 88 valence electrons. The van der Waals surface area contributed by atoms with Crippen LogP contribution in [-0.2, 0) is 6.42 Å². The lowest BCUT2D eigenvalue weighted by Crippen LogP contribution is -2.23. The van der Waals surface area contributed by atoms with Gasteiger partial charge in [0.25, 0.3) is 5.56 Å². The van der Waals surface area contributed by atoms with Gasteiger partial charge in [0.05, 0.1) is 5.69 Å². The third-order valence-electron chi connectivity index (χ3n) is 3.26. The number of aryl methyl sites for hydroxylation is 2. The van der Waals surface area contributed by atoms with E-state index in [0.717, 1.165) is 30.6 Å². The minimum atomic E-state index is 0.00174. The molecule has 2 rings (SSSR count). The highest BCUT2D eigenvalue weighted by atomic mass is 16.1. The zero-order valence-electron chi connectivity index (χ0n) is 9.97. The van der Waals surface area contributed by atoms with Crippen molar-refractivity contribution in [1.29, 1.82) is 0 Å². The van der Waals surface area contributed by atoms with Crippen LogP contribution in [0, 0.1) is 13.8 Å². The number of aromatic nitrogens is 2. The van der Waals surface area contributed by atoms with Crippen LogP contribution in [0.1, 0.15) is 36.3 Å². The highest BCUT2D eigenvalue weighted by molar-refractivity contribution is 5.16. The molecule has 1 fully saturated rings. The minimum Gasteiger partial charge on any atom is -0.314 e. The summed E-state index contributed by atoms with van der Waals surface area (Å²) in [7, 11) is 0. The summed E-state index contributed by atoms with van der Waals surface area (Å²) >= 11 is 0. The van der Waals surface area contributed by atoms with Crippen molar-refractivity contribution in [2.75, 3.05) is 6.54 Å². The molecule has 1 atom stereocenters. The van der Waals surface area contributed by atoms with Crippen LogP contribution >= 0.6 is 0 Å². The molecule has 1 aliphatic heterocycles. The molecular formula is C12H19N3O. The maximum Gasteiger partial charge on any atom is 0.254 e. The number of nitrogens with zero attached hydrogens (tertiary/aromatic N) is 1. The second kappa shape index (κ2) is 4.78. The molecule has 1 saturated heterocycles. The molecule has 0 spiro atoms. The maximum absolute atomic E-state index is 11.5. The zero-order chi connectivity index (χ0) is 11.5. The Kier molecular flexibility index (Phi) is 3.39. The van der Waals surface area contributed by atoms with Gasteiger partial charge in [0.1, 0.15) is 5.82 Å². The van der Waals surface area contributed by atoms with E-state index in [9.17, 15) is 4.79 Å². The Balaban J connectivity index is 2.05. The van der Waals surface area contributed by atoms with Gasteiger partial charge in [0, 0.05) is 11.6 Å². The van der Waals surface area contributed by atoms with E-state index in [0.29, 0.717) is 11.9 Å². The third-order valence-corrected chi connectivity index (χ3v) is 3.26. The molecule has 0 bridgehead atoms.